The van der Waals surface area contributed by atoms with Crippen LogP contribution in [-0.4, -0.2) is 12.6 Å². The summed E-state index contributed by atoms with van der Waals surface area (Å²) in [6.45, 7) is 2.68. The third-order valence-electron chi connectivity index (χ3n) is 1.81. The third kappa shape index (κ3) is 2.78. The Balaban J connectivity index is 2.41. The van der Waals surface area contributed by atoms with Crippen LogP contribution < -0.4 is 11.1 Å². The Morgan fingerprint density at radius 3 is 3.17 bits per heavy atom. The maximum atomic E-state index is 10.4. The summed E-state index contributed by atoms with van der Waals surface area (Å²) in [6, 6.07) is -0.470. The molecule has 2 amide bonds. The van der Waals surface area contributed by atoms with Crippen molar-refractivity contribution in [3.63, 3.8) is 0 Å². The quantitative estimate of drug-likeness (QED) is 0.635. The van der Waals surface area contributed by atoms with Gasteiger partial charge in [-0.2, -0.15) is 0 Å². The van der Waals surface area contributed by atoms with E-state index in [9.17, 15) is 4.79 Å². The number of nitrogens with one attached hydrogen (secondary N) is 1. The lowest BCUT2D eigenvalue weighted by molar-refractivity contribution is 0.249. The molecule has 3 nitrogen and oxygen atoms in total. The molecule has 0 heterocycles. The summed E-state index contributed by atoms with van der Waals surface area (Å²) < 4.78 is 0. The molecule has 12 heavy (non-hydrogen) atoms. The van der Waals surface area contributed by atoms with Crippen LogP contribution >= 0.6 is 0 Å². The molecule has 0 saturated carbocycles. The number of primary amides is 1. The van der Waals surface area contributed by atoms with Gasteiger partial charge in [0.05, 0.1) is 0 Å². The highest BCUT2D eigenvalue weighted by Gasteiger charge is 2.03. The molecule has 1 aliphatic rings. The number of rotatable bonds is 2. The fourth-order valence-corrected chi connectivity index (χ4v) is 1.23. The van der Waals surface area contributed by atoms with Crippen LogP contribution in [0.3, 0.4) is 0 Å². The first kappa shape index (κ1) is 8.84. The van der Waals surface area contributed by atoms with Crippen molar-refractivity contribution in [2.24, 2.45) is 11.7 Å². The minimum absolute atomic E-state index is 0.470. The highest BCUT2D eigenvalue weighted by Crippen LogP contribution is 2.14. The normalized spacial score (nSPS) is 21.8. The van der Waals surface area contributed by atoms with E-state index in [1.165, 1.54) is 0 Å². The Bertz CT molecular complexity index is 231. The molecule has 0 aliphatic heterocycles. The molecule has 0 saturated heterocycles. The van der Waals surface area contributed by atoms with Gasteiger partial charge in [0.25, 0.3) is 0 Å². The molecule has 1 unspecified atom stereocenters. The molecule has 0 bridgehead atoms. The van der Waals surface area contributed by atoms with Crippen molar-refractivity contribution < 1.29 is 4.79 Å². The first-order valence-electron chi connectivity index (χ1n) is 4.09. The minimum atomic E-state index is -0.470. The first-order chi connectivity index (χ1) is 5.68. The van der Waals surface area contributed by atoms with Crippen LogP contribution in [-0.2, 0) is 0 Å². The molecular formula is C9H14N2O. The standard InChI is InChI=1S/C9H14N2O/c1-7-3-2-4-8(5-7)6-11-9(10)12/h2,4-5,7H,3,6H2,1H3,(H3,10,11,12). The second-order valence-electron chi connectivity index (χ2n) is 3.07. The summed E-state index contributed by atoms with van der Waals surface area (Å²) >= 11 is 0. The fraction of sp³-hybridized carbons (Fsp3) is 0.444. The van der Waals surface area contributed by atoms with E-state index in [4.69, 9.17) is 5.73 Å². The molecule has 0 aromatic carbocycles. The lowest BCUT2D eigenvalue weighted by Gasteiger charge is -2.11. The number of carbonyl (C=O) groups is 1. The maximum absolute atomic E-state index is 10.4. The van der Waals surface area contributed by atoms with Gasteiger partial charge in [-0.3, -0.25) is 0 Å². The van der Waals surface area contributed by atoms with Gasteiger partial charge in [-0.25, -0.2) is 4.79 Å². The molecule has 1 aliphatic carbocycles. The predicted molar refractivity (Wildman–Crippen MR) is 48.6 cm³/mol. The number of nitrogens with two attached hydrogens (primary N) is 1. The Morgan fingerprint density at radius 2 is 2.58 bits per heavy atom. The lowest BCUT2D eigenvalue weighted by atomic mass is 9.98. The molecule has 0 spiro atoms. The number of carbonyl (C=O) groups excluding carboxylic acids is 1. The zero-order valence-electron chi connectivity index (χ0n) is 7.21. The van der Waals surface area contributed by atoms with Gasteiger partial charge in [0.2, 0.25) is 0 Å². The van der Waals surface area contributed by atoms with E-state index in [1.54, 1.807) is 0 Å². The van der Waals surface area contributed by atoms with E-state index in [-0.39, 0.29) is 0 Å². The van der Waals surface area contributed by atoms with Gasteiger partial charge in [0.1, 0.15) is 0 Å². The smallest absolute Gasteiger partial charge is 0.312 e. The van der Waals surface area contributed by atoms with Gasteiger partial charge in [-0.1, -0.05) is 25.2 Å². The monoisotopic (exact) mass is 166 g/mol. The Morgan fingerprint density at radius 1 is 1.83 bits per heavy atom. The maximum Gasteiger partial charge on any atom is 0.312 e. The van der Waals surface area contributed by atoms with Crippen molar-refractivity contribution in [2.75, 3.05) is 6.54 Å². The van der Waals surface area contributed by atoms with Crippen molar-refractivity contribution in [1.82, 2.24) is 5.32 Å². The van der Waals surface area contributed by atoms with E-state index in [0.717, 1.165) is 12.0 Å². The largest absolute Gasteiger partial charge is 0.352 e. The Kier molecular flexibility index (Phi) is 2.91. The van der Waals surface area contributed by atoms with Crippen LogP contribution in [0.1, 0.15) is 13.3 Å². The summed E-state index contributed by atoms with van der Waals surface area (Å²) in [4.78, 5) is 10.4. The summed E-state index contributed by atoms with van der Waals surface area (Å²) in [5, 5.41) is 2.56. The predicted octanol–water partition coefficient (Wildman–Crippen LogP) is 1.18. The fourth-order valence-electron chi connectivity index (χ4n) is 1.23. The molecule has 0 radical (unpaired) electrons. The summed E-state index contributed by atoms with van der Waals surface area (Å²) in [7, 11) is 0. The summed E-state index contributed by atoms with van der Waals surface area (Å²) in [6.07, 6.45) is 7.37. The summed E-state index contributed by atoms with van der Waals surface area (Å²) in [5.74, 6) is 0.569. The molecule has 0 aromatic rings. The highest BCUT2D eigenvalue weighted by molar-refractivity contribution is 5.72. The van der Waals surface area contributed by atoms with Gasteiger partial charge in [0.15, 0.2) is 0 Å². The van der Waals surface area contributed by atoms with E-state index < -0.39 is 6.03 Å². The van der Waals surface area contributed by atoms with Crippen molar-refractivity contribution in [2.45, 2.75) is 13.3 Å². The zero-order chi connectivity index (χ0) is 8.97. The molecular weight excluding hydrogens is 152 g/mol. The minimum Gasteiger partial charge on any atom is -0.352 e. The number of hydrogen-bond donors (Lipinski definition) is 2. The van der Waals surface area contributed by atoms with E-state index in [2.05, 4.69) is 24.4 Å². The van der Waals surface area contributed by atoms with Crippen LogP contribution in [0.25, 0.3) is 0 Å². The molecule has 0 aromatic heterocycles. The van der Waals surface area contributed by atoms with E-state index >= 15 is 0 Å². The Hall–Kier alpha value is -1.25. The van der Waals surface area contributed by atoms with Gasteiger partial charge in [-0.05, 0) is 17.9 Å². The average molecular weight is 166 g/mol. The highest BCUT2D eigenvalue weighted by atomic mass is 16.2. The van der Waals surface area contributed by atoms with E-state index in [1.807, 2.05) is 6.08 Å². The molecule has 3 heteroatoms. The topological polar surface area (TPSA) is 55.1 Å². The second kappa shape index (κ2) is 3.95. The van der Waals surface area contributed by atoms with Crippen LogP contribution in [0.15, 0.2) is 23.8 Å². The average Bonchev–Trinajstić information content (AvgIpc) is 2.01. The van der Waals surface area contributed by atoms with Crippen LogP contribution in [0.5, 0.6) is 0 Å². The van der Waals surface area contributed by atoms with Crippen molar-refractivity contribution in [1.29, 1.82) is 0 Å². The molecule has 66 valence electrons. The molecule has 0 fully saturated rings. The molecule has 1 rings (SSSR count). The summed E-state index contributed by atoms with van der Waals surface area (Å²) in [5.41, 5.74) is 6.07. The van der Waals surface area contributed by atoms with Gasteiger partial charge in [0, 0.05) is 6.54 Å². The number of urea groups is 1. The third-order valence-corrected chi connectivity index (χ3v) is 1.81. The van der Waals surface area contributed by atoms with Crippen molar-refractivity contribution in [3.8, 4) is 0 Å². The Labute approximate surface area is 72.3 Å². The molecule has 3 N–H and O–H groups in total. The number of hydrogen-bond acceptors (Lipinski definition) is 1. The van der Waals surface area contributed by atoms with Crippen LogP contribution in [0, 0.1) is 5.92 Å². The molecule has 1 atom stereocenters. The van der Waals surface area contributed by atoms with Gasteiger partial charge in [-0.15, -0.1) is 0 Å². The SMILES string of the molecule is CC1C=C(CNC(N)=O)C=CC1. The van der Waals surface area contributed by atoms with Crippen LogP contribution in [0.2, 0.25) is 0 Å². The van der Waals surface area contributed by atoms with Crippen LogP contribution in [0.4, 0.5) is 4.79 Å². The van der Waals surface area contributed by atoms with Gasteiger partial charge < -0.3 is 11.1 Å². The lowest BCUT2D eigenvalue weighted by Crippen LogP contribution is -2.31. The zero-order valence-corrected chi connectivity index (χ0v) is 7.21. The first-order valence-corrected chi connectivity index (χ1v) is 4.09. The number of allylic oxidation sites excluding steroid dienone is 2. The van der Waals surface area contributed by atoms with E-state index in [0.29, 0.717) is 12.5 Å². The number of amides is 2. The van der Waals surface area contributed by atoms with Crippen molar-refractivity contribution in [3.05, 3.63) is 23.8 Å². The van der Waals surface area contributed by atoms with Crippen molar-refractivity contribution >= 4 is 6.03 Å². The second-order valence-corrected chi connectivity index (χ2v) is 3.07. The van der Waals surface area contributed by atoms with Gasteiger partial charge >= 0.3 is 6.03 Å².